The fourth-order valence-electron chi connectivity index (χ4n) is 2.37. The van der Waals surface area contributed by atoms with Crippen molar-refractivity contribution in [1.82, 2.24) is 9.78 Å². The smallest absolute Gasteiger partial charge is 0.130 e. The van der Waals surface area contributed by atoms with E-state index in [1.54, 1.807) is 0 Å². The molecule has 0 radical (unpaired) electrons. The van der Waals surface area contributed by atoms with Crippen molar-refractivity contribution in [3.05, 3.63) is 40.0 Å². The van der Waals surface area contributed by atoms with Crippen molar-refractivity contribution in [3.63, 3.8) is 0 Å². The maximum absolute atomic E-state index is 4.80. The van der Waals surface area contributed by atoms with E-state index in [1.165, 1.54) is 5.56 Å². The van der Waals surface area contributed by atoms with Crippen LogP contribution >= 0.6 is 15.9 Å². The Morgan fingerprint density at radius 1 is 1.29 bits per heavy atom. The molecule has 0 bridgehead atoms. The molecule has 0 saturated heterocycles. The first-order valence-corrected chi connectivity index (χ1v) is 8.40. The molecule has 1 heterocycles. The molecule has 1 aromatic heterocycles. The summed E-state index contributed by atoms with van der Waals surface area (Å²) in [5.41, 5.74) is 3.49. The number of aryl methyl sites for hydroxylation is 1. The summed E-state index contributed by atoms with van der Waals surface area (Å²) in [6.07, 6.45) is 2.10. The van der Waals surface area contributed by atoms with Gasteiger partial charge in [0.25, 0.3) is 0 Å². The Hall–Kier alpha value is -1.29. The first-order valence-electron chi connectivity index (χ1n) is 7.60. The zero-order valence-electron chi connectivity index (χ0n) is 13.3. The van der Waals surface area contributed by atoms with Crippen molar-refractivity contribution in [2.45, 2.75) is 40.5 Å². The maximum Gasteiger partial charge on any atom is 0.130 e. The van der Waals surface area contributed by atoms with E-state index >= 15 is 0 Å². The summed E-state index contributed by atoms with van der Waals surface area (Å²) in [7, 11) is 0. The van der Waals surface area contributed by atoms with Gasteiger partial charge in [-0.2, -0.15) is 5.10 Å². The van der Waals surface area contributed by atoms with Gasteiger partial charge in [0.05, 0.1) is 11.4 Å². The van der Waals surface area contributed by atoms with Crippen LogP contribution in [0.5, 0.6) is 0 Å². The lowest BCUT2D eigenvalue weighted by Crippen LogP contribution is -2.08. The lowest BCUT2D eigenvalue weighted by molar-refractivity contribution is 0.628. The average molecular weight is 350 g/mol. The van der Waals surface area contributed by atoms with E-state index in [9.17, 15) is 0 Å². The summed E-state index contributed by atoms with van der Waals surface area (Å²) in [6.45, 7) is 9.70. The van der Waals surface area contributed by atoms with Crippen molar-refractivity contribution in [2.75, 3.05) is 11.9 Å². The first-order chi connectivity index (χ1) is 10.0. The van der Waals surface area contributed by atoms with Crippen LogP contribution in [0.2, 0.25) is 0 Å². The summed E-state index contributed by atoms with van der Waals surface area (Å²) in [5.74, 6) is 1.69. The zero-order valence-corrected chi connectivity index (χ0v) is 14.9. The predicted molar refractivity (Wildman–Crippen MR) is 93.3 cm³/mol. The lowest BCUT2D eigenvalue weighted by Gasteiger charge is -2.11. The van der Waals surface area contributed by atoms with Crippen LogP contribution in [0.1, 0.15) is 38.4 Å². The van der Waals surface area contributed by atoms with Gasteiger partial charge in [-0.1, -0.05) is 36.7 Å². The second-order valence-electron chi connectivity index (χ2n) is 5.89. The van der Waals surface area contributed by atoms with E-state index in [1.807, 2.05) is 4.68 Å². The third-order valence-corrected chi connectivity index (χ3v) is 3.81. The monoisotopic (exact) mass is 349 g/mol. The van der Waals surface area contributed by atoms with E-state index in [0.717, 1.165) is 41.1 Å². The Balaban J connectivity index is 2.41. The fraction of sp³-hybridized carbons (Fsp3) is 0.471. The van der Waals surface area contributed by atoms with Gasteiger partial charge in [0.15, 0.2) is 0 Å². The molecule has 0 atom stereocenters. The molecule has 0 unspecified atom stereocenters. The molecule has 21 heavy (non-hydrogen) atoms. The minimum absolute atomic E-state index is 0.610. The quantitative estimate of drug-likeness (QED) is 0.798. The van der Waals surface area contributed by atoms with E-state index in [4.69, 9.17) is 5.10 Å². The lowest BCUT2D eigenvalue weighted by atomic mass is 10.1. The highest BCUT2D eigenvalue weighted by Crippen LogP contribution is 2.24. The second-order valence-corrected chi connectivity index (χ2v) is 6.80. The SMILES string of the molecule is CCCNc1cc(CC(C)C)nn1-c1ccc(Br)cc1C. The zero-order chi connectivity index (χ0) is 15.4. The van der Waals surface area contributed by atoms with Crippen LogP contribution in [0.25, 0.3) is 5.69 Å². The fourth-order valence-corrected chi connectivity index (χ4v) is 2.84. The van der Waals surface area contributed by atoms with Crippen molar-refractivity contribution in [3.8, 4) is 5.69 Å². The van der Waals surface area contributed by atoms with E-state index in [2.05, 4.69) is 73.2 Å². The van der Waals surface area contributed by atoms with E-state index in [-0.39, 0.29) is 0 Å². The molecule has 114 valence electrons. The van der Waals surface area contributed by atoms with Gasteiger partial charge < -0.3 is 5.32 Å². The summed E-state index contributed by atoms with van der Waals surface area (Å²) in [5, 5.41) is 8.29. The van der Waals surface area contributed by atoms with Crippen LogP contribution in [-0.4, -0.2) is 16.3 Å². The van der Waals surface area contributed by atoms with Gasteiger partial charge in [-0.05, 0) is 49.4 Å². The largest absolute Gasteiger partial charge is 0.370 e. The van der Waals surface area contributed by atoms with Crippen LogP contribution < -0.4 is 5.32 Å². The molecule has 2 rings (SSSR count). The third-order valence-electron chi connectivity index (χ3n) is 3.32. The average Bonchev–Trinajstić information content (AvgIpc) is 2.78. The van der Waals surface area contributed by atoms with Crippen molar-refractivity contribution in [2.24, 2.45) is 5.92 Å². The minimum Gasteiger partial charge on any atom is -0.370 e. The third kappa shape index (κ3) is 4.10. The molecule has 1 N–H and O–H groups in total. The summed E-state index contributed by atoms with van der Waals surface area (Å²) in [6, 6.07) is 8.48. The number of rotatable bonds is 6. The highest BCUT2D eigenvalue weighted by Gasteiger charge is 2.12. The van der Waals surface area contributed by atoms with Crippen LogP contribution in [-0.2, 0) is 6.42 Å². The number of anilines is 1. The van der Waals surface area contributed by atoms with Crippen LogP contribution in [0.3, 0.4) is 0 Å². The van der Waals surface area contributed by atoms with Gasteiger partial charge in [0.2, 0.25) is 0 Å². The molecule has 0 aliphatic rings. The maximum atomic E-state index is 4.80. The van der Waals surface area contributed by atoms with E-state index < -0.39 is 0 Å². The first kappa shape index (κ1) is 16.1. The summed E-state index contributed by atoms with van der Waals surface area (Å²) >= 11 is 3.52. The highest BCUT2D eigenvalue weighted by atomic mass is 79.9. The Morgan fingerprint density at radius 2 is 2.05 bits per heavy atom. The number of hydrogen-bond donors (Lipinski definition) is 1. The number of nitrogens with one attached hydrogen (secondary N) is 1. The Morgan fingerprint density at radius 3 is 2.67 bits per heavy atom. The van der Waals surface area contributed by atoms with Crippen LogP contribution in [0, 0.1) is 12.8 Å². The normalized spacial score (nSPS) is 11.1. The topological polar surface area (TPSA) is 29.9 Å². The Labute approximate surface area is 135 Å². The van der Waals surface area contributed by atoms with Crippen molar-refractivity contribution < 1.29 is 0 Å². The molecule has 0 amide bonds. The number of aromatic nitrogens is 2. The van der Waals surface area contributed by atoms with Gasteiger partial charge in [0, 0.05) is 17.1 Å². The molecule has 3 nitrogen and oxygen atoms in total. The van der Waals surface area contributed by atoms with Gasteiger partial charge >= 0.3 is 0 Å². The number of nitrogens with zero attached hydrogens (tertiary/aromatic N) is 2. The standard InChI is InChI=1S/C17H24BrN3/c1-5-8-19-17-11-15(9-12(2)3)20-21(17)16-7-6-14(18)10-13(16)4/h6-7,10-12,19H,5,8-9H2,1-4H3. The minimum atomic E-state index is 0.610. The van der Waals surface area contributed by atoms with Gasteiger partial charge in [-0.15, -0.1) is 0 Å². The highest BCUT2D eigenvalue weighted by molar-refractivity contribution is 9.10. The van der Waals surface area contributed by atoms with Gasteiger partial charge in [-0.3, -0.25) is 0 Å². The molecule has 0 aliphatic heterocycles. The predicted octanol–water partition coefficient (Wildman–Crippen LogP) is 4.96. The van der Waals surface area contributed by atoms with Crippen LogP contribution in [0.15, 0.2) is 28.7 Å². The molecule has 0 fully saturated rings. The molecule has 1 aromatic carbocycles. The van der Waals surface area contributed by atoms with Crippen molar-refractivity contribution in [1.29, 1.82) is 0 Å². The molecular formula is C17H24BrN3. The summed E-state index contributed by atoms with van der Waals surface area (Å²) < 4.78 is 3.14. The number of benzene rings is 1. The number of halogens is 1. The molecule has 4 heteroatoms. The Kier molecular flexibility index (Phi) is 5.45. The molecule has 2 aromatic rings. The molecule has 0 aliphatic carbocycles. The molecule has 0 spiro atoms. The molecular weight excluding hydrogens is 326 g/mol. The second kappa shape index (κ2) is 7.12. The van der Waals surface area contributed by atoms with E-state index in [0.29, 0.717) is 5.92 Å². The number of hydrogen-bond acceptors (Lipinski definition) is 2. The summed E-state index contributed by atoms with van der Waals surface area (Å²) in [4.78, 5) is 0. The van der Waals surface area contributed by atoms with Gasteiger partial charge in [-0.25, -0.2) is 4.68 Å². The van der Waals surface area contributed by atoms with Gasteiger partial charge in [0.1, 0.15) is 5.82 Å². The van der Waals surface area contributed by atoms with Crippen molar-refractivity contribution >= 4 is 21.7 Å². The Bertz CT molecular complexity index is 602. The van der Waals surface area contributed by atoms with Crippen LogP contribution in [0.4, 0.5) is 5.82 Å². The molecule has 0 saturated carbocycles.